The highest BCUT2D eigenvalue weighted by Crippen LogP contribution is 2.54. The van der Waals surface area contributed by atoms with Crippen molar-refractivity contribution in [2.24, 2.45) is 10.1 Å². The van der Waals surface area contributed by atoms with Gasteiger partial charge in [0, 0.05) is 138 Å². The Hall–Kier alpha value is -3.16. The molecular weight excluding hydrogens is 883 g/mol. The summed E-state index contributed by atoms with van der Waals surface area (Å²) in [6.45, 7) is 16.5. The van der Waals surface area contributed by atoms with E-state index in [2.05, 4.69) is 78.6 Å². The number of piperazine rings is 1. The SMILES string of the molecule is C1=NN(c2nc(C3CCCN3)c3c(N4CCNCC4C4(N5OCCC5N5CCOCC5C5NCCS5)NCCO4)c(N4CCCCC4)c(C4NCCN4)c(C4=NCCN4)c3c2N2CCCN2)CC1. The van der Waals surface area contributed by atoms with E-state index in [0.29, 0.717) is 38.3 Å². The van der Waals surface area contributed by atoms with E-state index in [-0.39, 0.29) is 30.5 Å². The molecule has 12 heterocycles. The number of benzene rings is 1. The monoisotopic (exact) mass is 956 g/mol. The highest BCUT2D eigenvalue weighted by atomic mass is 32.2. The van der Waals surface area contributed by atoms with E-state index in [0.717, 1.165) is 172 Å². The minimum atomic E-state index is -0.957. The van der Waals surface area contributed by atoms with Gasteiger partial charge in [0.2, 0.25) is 5.85 Å². The number of rotatable bonds is 11. The van der Waals surface area contributed by atoms with Crippen LogP contribution in [0.15, 0.2) is 10.1 Å². The van der Waals surface area contributed by atoms with Gasteiger partial charge in [0.1, 0.15) is 17.6 Å². The molecule has 13 rings (SSSR count). The predicted molar refractivity (Wildman–Crippen MR) is 269 cm³/mol. The first kappa shape index (κ1) is 44.8. The number of hydrazine groups is 1. The summed E-state index contributed by atoms with van der Waals surface area (Å²) < 4.78 is 13.6. The highest BCUT2D eigenvalue weighted by molar-refractivity contribution is 8.00. The Bertz CT molecular complexity index is 2200. The van der Waals surface area contributed by atoms with Crippen LogP contribution in [0.3, 0.4) is 0 Å². The van der Waals surface area contributed by atoms with Crippen molar-refractivity contribution in [2.75, 3.05) is 157 Å². The fourth-order valence-corrected chi connectivity index (χ4v) is 14.5. The molecule has 68 heavy (non-hydrogen) atoms. The maximum atomic E-state index is 7.34. The second kappa shape index (κ2) is 19.5. The summed E-state index contributed by atoms with van der Waals surface area (Å²) in [5.74, 6) is 2.07. The number of hydrogen-bond acceptors (Lipinski definition) is 21. The first-order chi connectivity index (χ1) is 33.8. The van der Waals surface area contributed by atoms with Gasteiger partial charge in [-0.05, 0) is 45.1 Å². The van der Waals surface area contributed by atoms with Gasteiger partial charge in [-0.3, -0.25) is 30.7 Å². The molecule has 8 N–H and O–H groups in total. The molecule has 2 aromatic rings. The molecule has 370 valence electrons. The van der Waals surface area contributed by atoms with E-state index >= 15 is 0 Å². The van der Waals surface area contributed by atoms with Gasteiger partial charge in [-0.15, -0.1) is 16.8 Å². The van der Waals surface area contributed by atoms with Crippen LogP contribution in [0.5, 0.6) is 0 Å². The zero-order valence-electron chi connectivity index (χ0n) is 39.7. The van der Waals surface area contributed by atoms with Gasteiger partial charge < -0.3 is 45.5 Å². The molecule has 11 aliphatic rings. The number of hydroxylamine groups is 2. The molecule has 0 saturated carbocycles. The van der Waals surface area contributed by atoms with Crippen LogP contribution in [0.4, 0.5) is 22.9 Å². The molecule has 11 aliphatic heterocycles. The van der Waals surface area contributed by atoms with Gasteiger partial charge in [0.15, 0.2) is 5.82 Å². The quantitative estimate of drug-likeness (QED) is 0.156. The Morgan fingerprint density at radius 1 is 0.779 bits per heavy atom. The average molecular weight is 956 g/mol. The van der Waals surface area contributed by atoms with Crippen LogP contribution in [0.25, 0.3) is 10.8 Å². The van der Waals surface area contributed by atoms with Gasteiger partial charge >= 0.3 is 0 Å². The fourth-order valence-electron chi connectivity index (χ4n) is 13.3. The second-order valence-electron chi connectivity index (χ2n) is 20.2. The Labute approximate surface area is 404 Å². The van der Waals surface area contributed by atoms with Crippen LogP contribution in [0.2, 0.25) is 0 Å². The van der Waals surface area contributed by atoms with Crippen LogP contribution >= 0.6 is 11.8 Å². The van der Waals surface area contributed by atoms with Gasteiger partial charge in [0.05, 0.1) is 79.8 Å². The Morgan fingerprint density at radius 3 is 2.49 bits per heavy atom. The van der Waals surface area contributed by atoms with E-state index in [1.165, 1.54) is 39.7 Å². The Morgan fingerprint density at radius 2 is 1.72 bits per heavy atom. The van der Waals surface area contributed by atoms with E-state index < -0.39 is 5.85 Å². The molecule has 0 spiro atoms. The number of morpholine rings is 1. The van der Waals surface area contributed by atoms with Crippen LogP contribution in [-0.4, -0.2) is 193 Å². The molecule has 9 saturated heterocycles. The van der Waals surface area contributed by atoms with Crippen LogP contribution in [0.1, 0.15) is 80.4 Å². The average Bonchev–Trinajstić information content (AvgIpc) is 4.23. The summed E-state index contributed by atoms with van der Waals surface area (Å²) in [6, 6.07) is 0.112. The number of fused-ring (bicyclic) bond motifs is 1. The largest absolute Gasteiger partial charge is 0.378 e. The number of ether oxygens (including phenoxy) is 2. The van der Waals surface area contributed by atoms with E-state index in [1.807, 2.05) is 11.8 Å². The fraction of sp³-hybridized carbons (Fsp3) is 0.766. The normalized spacial score (nSPS) is 33.4. The topological polar surface area (TPSA) is 181 Å². The lowest BCUT2D eigenvalue weighted by atomic mass is 9.86. The molecule has 0 amide bonds. The number of thioether (sulfide) groups is 1. The van der Waals surface area contributed by atoms with E-state index in [1.54, 1.807) is 0 Å². The standard InChI is InChI=1S/C47H73N17O3S/c1-2-19-59(20-3-1)40-38(44-52-14-15-53-44)36(43-50-12-13-51-43)35-37(39(31-7-4-9-49-31)58-45(63-22-6-11-57-63)42(35)62-21-5-10-56-62)41(40)61-23-16-48-29-33(61)47(55-17-26-66-47)64-34(8-25-67-64)60-24-27-65-30-32(60)46-54-18-28-68-46/h11,31-34,44,46,48-49,52-56H,1-10,12-30H2,(H,50,51). The second-order valence-corrected chi connectivity index (χ2v) is 21.4. The van der Waals surface area contributed by atoms with Crippen molar-refractivity contribution in [1.82, 2.24) is 57.6 Å². The van der Waals surface area contributed by atoms with Crippen LogP contribution < -0.4 is 62.5 Å². The number of nitrogens with zero attached hydrogens (tertiary/aromatic N) is 9. The van der Waals surface area contributed by atoms with Crippen LogP contribution in [-0.2, 0) is 14.3 Å². The summed E-state index contributed by atoms with van der Waals surface area (Å²) in [7, 11) is 0. The van der Waals surface area contributed by atoms with Crippen molar-refractivity contribution in [3.8, 4) is 0 Å². The third-order valence-corrected chi connectivity index (χ3v) is 17.5. The molecule has 6 unspecified atom stereocenters. The predicted octanol–water partition coefficient (Wildman–Crippen LogP) is 0.480. The first-order valence-electron chi connectivity index (χ1n) is 26.4. The number of nitrogens with one attached hydrogen (secondary N) is 8. The number of anilines is 4. The molecule has 21 heteroatoms. The number of aromatic nitrogens is 1. The number of piperidine rings is 1. The number of aliphatic imine (C=N–C) groups is 1. The molecule has 0 bridgehead atoms. The zero-order chi connectivity index (χ0) is 45.0. The van der Waals surface area contributed by atoms with Crippen molar-refractivity contribution in [3.05, 3.63) is 16.8 Å². The highest BCUT2D eigenvalue weighted by Gasteiger charge is 2.58. The number of amidine groups is 1. The smallest absolute Gasteiger partial charge is 0.223 e. The lowest BCUT2D eigenvalue weighted by Crippen LogP contribution is -2.75. The van der Waals surface area contributed by atoms with E-state index in [4.69, 9.17) is 29.4 Å². The number of hydrogen-bond donors (Lipinski definition) is 8. The summed E-state index contributed by atoms with van der Waals surface area (Å²) in [6.07, 6.45) is 10.5. The summed E-state index contributed by atoms with van der Waals surface area (Å²) in [5.41, 5.74) is 11.1. The summed E-state index contributed by atoms with van der Waals surface area (Å²) >= 11 is 2.02. The number of pyridine rings is 1. The summed E-state index contributed by atoms with van der Waals surface area (Å²) in [4.78, 5) is 26.6. The minimum absolute atomic E-state index is 0.00666. The molecule has 1 aromatic carbocycles. The van der Waals surface area contributed by atoms with Gasteiger partial charge in [-0.25, -0.2) is 15.4 Å². The van der Waals surface area contributed by atoms with Crippen LogP contribution in [0, 0.1) is 0 Å². The van der Waals surface area contributed by atoms with Crippen molar-refractivity contribution in [2.45, 2.75) is 93.0 Å². The molecule has 1 aromatic heterocycles. The molecule has 0 aliphatic carbocycles. The van der Waals surface area contributed by atoms with E-state index in [9.17, 15) is 0 Å². The third kappa shape index (κ3) is 7.77. The molecule has 20 nitrogen and oxygen atoms in total. The van der Waals surface area contributed by atoms with Crippen molar-refractivity contribution in [3.63, 3.8) is 0 Å². The van der Waals surface area contributed by atoms with Gasteiger partial charge in [0.25, 0.3) is 0 Å². The minimum Gasteiger partial charge on any atom is -0.378 e. The summed E-state index contributed by atoms with van der Waals surface area (Å²) in [5, 5.41) is 42.3. The molecule has 0 radical (unpaired) electrons. The zero-order valence-corrected chi connectivity index (χ0v) is 40.5. The molecular formula is C47H73N17O3S. The number of hydrazone groups is 1. The van der Waals surface area contributed by atoms with Crippen molar-refractivity contribution < 1.29 is 14.3 Å². The van der Waals surface area contributed by atoms with Gasteiger partial charge in [-0.2, -0.15) is 5.10 Å². The Balaban J connectivity index is 1.09. The van der Waals surface area contributed by atoms with Crippen molar-refractivity contribution >= 4 is 57.5 Å². The van der Waals surface area contributed by atoms with Gasteiger partial charge in [-0.1, -0.05) is 0 Å². The maximum Gasteiger partial charge on any atom is 0.223 e. The lowest BCUT2D eigenvalue weighted by molar-refractivity contribution is -0.320. The first-order valence-corrected chi connectivity index (χ1v) is 27.4. The Kier molecular flexibility index (Phi) is 12.8. The maximum absolute atomic E-state index is 7.34. The molecule has 9 fully saturated rings. The lowest BCUT2D eigenvalue weighted by Gasteiger charge is -2.54. The molecule has 6 atom stereocenters. The third-order valence-electron chi connectivity index (χ3n) is 16.2. The van der Waals surface area contributed by atoms with Crippen molar-refractivity contribution in [1.29, 1.82) is 0 Å².